The molecule has 0 aliphatic carbocycles. The highest BCUT2D eigenvalue weighted by Crippen LogP contribution is 2.42. The standard InChI is InChI=1S/C30H23N5O3S/c36-35(37)23-13-11-21(12-14-23)33-20-6-10-27(33)29-28(26-9-4-5-19-31-26)32-30(39)34(29)22-15-17-25(18-16-22)38-24-7-2-1-3-8-24/h1-20,28-29H,(H,32,39)/t28-,29-/m0/s1. The molecular weight excluding hydrogens is 510 g/mol. The van der Waals surface area contributed by atoms with Crippen LogP contribution in [0.25, 0.3) is 5.69 Å². The number of pyridine rings is 1. The van der Waals surface area contributed by atoms with Crippen LogP contribution in [0.15, 0.2) is 122 Å². The van der Waals surface area contributed by atoms with Crippen molar-refractivity contribution in [1.82, 2.24) is 14.9 Å². The fourth-order valence-corrected chi connectivity index (χ4v) is 5.18. The van der Waals surface area contributed by atoms with Crippen molar-refractivity contribution in [2.24, 2.45) is 0 Å². The van der Waals surface area contributed by atoms with Gasteiger partial charge in [-0.25, -0.2) is 0 Å². The van der Waals surface area contributed by atoms with E-state index >= 15 is 0 Å². The molecule has 1 aliphatic rings. The van der Waals surface area contributed by atoms with Gasteiger partial charge >= 0.3 is 0 Å². The average Bonchev–Trinajstić information content (AvgIpc) is 3.59. The molecule has 0 radical (unpaired) electrons. The number of nitrogens with one attached hydrogen (secondary N) is 1. The summed E-state index contributed by atoms with van der Waals surface area (Å²) in [7, 11) is 0. The monoisotopic (exact) mass is 533 g/mol. The van der Waals surface area contributed by atoms with Gasteiger partial charge in [0.05, 0.1) is 16.7 Å². The summed E-state index contributed by atoms with van der Waals surface area (Å²) in [5.74, 6) is 1.48. The van der Waals surface area contributed by atoms with Crippen LogP contribution in [0.3, 0.4) is 0 Å². The summed E-state index contributed by atoms with van der Waals surface area (Å²) >= 11 is 5.87. The molecule has 1 fully saturated rings. The van der Waals surface area contributed by atoms with Gasteiger partial charge in [0.2, 0.25) is 0 Å². The Morgan fingerprint density at radius 1 is 0.821 bits per heavy atom. The Hall–Kier alpha value is -5.02. The largest absolute Gasteiger partial charge is 0.457 e. The zero-order valence-corrected chi connectivity index (χ0v) is 21.4. The van der Waals surface area contributed by atoms with Crippen LogP contribution >= 0.6 is 12.2 Å². The number of anilines is 1. The molecule has 0 unspecified atom stereocenters. The van der Waals surface area contributed by atoms with E-state index in [0.29, 0.717) is 5.11 Å². The van der Waals surface area contributed by atoms with Crippen LogP contribution in [0.2, 0.25) is 0 Å². The number of hydrogen-bond donors (Lipinski definition) is 1. The summed E-state index contributed by atoms with van der Waals surface area (Å²) < 4.78 is 8.01. The molecule has 0 saturated carbocycles. The van der Waals surface area contributed by atoms with Crippen molar-refractivity contribution < 1.29 is 9.66 Å². The van der Waals surface area contributed by atoms with Crippen molar-refractivity contribution in [3.63, 3.8) is 0 Å². The third kappa shape index (κ3) is 4.83. The average molecular weight is 534 g/mol. The molecule has 0 spiro atoms. The topological polar surface area (TPSA) is 85.5 Å². The Kier molecular flexibility index (Phi) is 6.48. The first kappa shape index (κ1) is 24.3. The Bertz CT molecular complexity index is 1610. The Balaban J connectivity index is 1.39. The molecule has 5 aromatic rings. The quantitative estimate of drug-likeness (QED) is 0.141. The molecule has 2 aromatic heterocycles. The second-order valence-corrected chi connectivity index (χ2v) is 9.37. The number of nitrogens with zero attached hydrogens (tertiary/aromatic N) is 4. The van der Waals surface area contributed by atoms with Crippen molar-refractivity contribution in [3.8, 4) is 17.2 Å². The molecule has 1 N–H and O–H groups in total. The lowest BCUT2D eigenvalue weighted by atomic mass is 10.0. The molecule has 0 amide bonds. The van der Waals surface area contributed by atoms with Gasteiger partial charge in [-0.3, -0.25) is 15.1 Å². The van der Waals surface area contributed by atoms with Crippen LogP contribution in [0.5, 0.6) is 11.5 Å². The Labute approximate surface area is 230 Å². The molecule has 6 rings (SSSR count). The van der Waals surface area contributed by atoms with E-state index in [1.54, 1.807) is 18.3 Å². The van der Waals surface area contributed by atoms with Crippen LogP contribution in [0.4, 0.5) is 11.4 Å². The first-order valence-electron chi connectivity index (χ1n) is 12.3. The number of hydrogen-bond acceptors (Lipinski definition) is 5. The SMILES string of the molecule is O=[N+]([O-])c1ccc(-n2cccc2[C@H]2[C@H](c3ccccn3)NC(=S)N2c2ccc(Oc3ccccc3)cc2)cc1. The molecule has 2 atom stereocenters. The molecule has 192 valence electrons. The van der Waals surface area contributed by atoms with Gasteiger partial charge in [0.15, 0.2) is 5.11 Å². The summed E-state index contributed by atoms with van der Waals surface area (Å²) in [5.41, 5.74) is 3.56. The zero-order chi connectivity index (χ0) is 26.8. The first-order chi connectivity index (χ1) is 19.1. The predicted octanol–water partition coefficient (Wildman–Crippen LogP) is 6.75. The molecule has 9 heteroatoms. The van der Waals surface area contributed by atoms with Crippen LogP contribution < -0.4 is 15.0 Å². The maximum Gasteiger partial charge on any atom is 0.269 e. The molecule has 1 aliphatic heterocycles. The van der Waals surface area contributed by atoms with Crippen LogP contribution in [-0.4, -0.2) is 19.6 Å². The van der Waals surface area contributed by atoms with Crippen LogP contribution in [0.1, 0.15) is 23.5 Å². The molecule has 1 saturated heterocycles. The highest BCUT2D eigenvalue weighted by molar-refractivity contribution is 7.80. The molecule has 39 heavy (non-hydrogen) atoms. The lowest BCUT2D eigenvalue weighted by molar-refractivity contribution is -0.384. The van der Waals surface area contributed by atoms with Crippen molar-refractivity contribution >= 4 is 28.7 Å². The Morgan fingerprint density at radius 2 is 1.51 bits per heavy atom. The molecule has 3 aromatic carbocycles. The normalized spacial score (nSPS) is 16.6. The summed E-state index contributed by atoms with van der Waals surface area (Å²) in [6, 6.07) is 33.3. The van der Waals surface area contributed by atoms with E-state index in [2.05, 4.69) is 15.2 Å². The highest BCUT2D eigenvalue weighted by Gasteiger charge is 2.42. The highest BCUT2D eigenvalue weighted by atomic mass is 32.1. The number of thiocarbonyl (C=S) groups is 1. The van der Waals surface area contributed by atoms with Crippen LogP contribution in [-0.2, 0) is 0 Å². The van der Waals surface area contributed by atoms with E-state index in [0.717, 1.165) is 34.3 Å². The van der Waals surface area contributed by atoms with Gasteiger partial charge < -0.3 is 19.5 Å². The summed E-state index contributed by atoms with van der Waals surface area (Å²) in [5, 5.41) is 15.2. The smallest absolute Gasteiger partial charge is 0.269 e. The van der Waals surface area contributed by atoms with Gasteiger partial charge in [0.25, 0.3) is 5.69 Å². The van der Waals surface area contributed by atoms with Gasteiger partial charge in [-0.1, -0.05) is 24.3 Å². The molecular formula is C30H23N5O3S. The van der Waals surface area contributed by atoms with E-state index in [4.69, 9.17) is 17.0 Å². The number of para-hydroxylation sites is 1. The maximum absolute atomic E-state index is 11.2. The van der Waals surface area contributed by atoms with Crippen molar-refractivity contribution in [2.75, 3.05) is 4.90 Å². The van der Waals surface area contributed by atoms with Gasteiger partial charge in [-0.15, -0.1) is 0 Å². The minimum atomic E-state index is -0.399. The number of ether oxygens (including phenoxy) is 1. The fraction of sp³-hybridized carbons (Fsp3) is 0.0667. The molecule has 0 bridgehead atoms. The van der Waals surface area contributed by atoms with E-state index in [1.807, 2.05) is 95.7 Å². The maximum atomic E-state index is 11.2. The number of nitro groups is 1. The third-order valence-corrected chi connectivity index (χ3v) is 6.93. The van der Waals surface area contributed by atoms with E-state index in [9.17, 15) is 10.1 Å². The van der Waals surface area contributed by atoms with Gasteiger partial charge in [-0.05, 0) is 85.0 Å². The van der Waals surface area contributed by atoms with Crippen molar-refractivity contribution in [2.45, 2.75) is 12.1 Å². The van der Waals surface area contributed by atoms with E-state index in [1.165, 1.54) is 12.1 Å². The second-order valence-electron chi connectivity index (χ2n) is 8.98. The lowest BCUT2D eigenvalue weighted by Crippen LogP contribution is -2.30. The van der Waals surface area contributed by atoms with Crippen molar-refractivity contribution in [1.29, 1.82) is 0 Å². The summed E-state index contributed by atoms with van der Waals surface area (Å²) in [6.45, 7) is 0. The minimum Gasteiger partial charge on any atom is -0.457 e. The third-order valence-electron chi connectivity index (χ3n) is 6.61. The molecule has 3 heterocycles. The number of benzene rings is 3. The van der Waals surface area contributed by atoms with E-state index in [-0.39, 0.29) is 17.8 Å². The molecule has 8 nitrogen and oxygen atoms in total. The number of non-ortho nitro benzene ring substituents is 1. The fourth-order valence-electron chi connectivity index (χ4n) is 4.84. The zero-order valence-electron chi connectivity index (χ0n) is 20.6. The number of nitro benzene ring substituents is 1. The predicted molar refractivity (Wildman–Crippen MR) is 153 cm³/mol. The van der Waals surface area contributed by atoms with Gasteiger partial charge in [0, 0.05) is 41.6 Å². The minimum absolute atomic E-state index is 0.0435. The number of aromatic nitrogens is 2. The number of rotatable bonds is 7. The van der Waals surface area contributed by atoms with Gasteiger partial charge in [-0.2, -0.15) is 0 Å². The van der Waals surface area contributed by atoms with Crippen LogP contribution in [0, 0.1) is 10.1 Å². The first-order valence-corrected chi connectivity index (χ1v) is 12.7. The summed E-state index contributed by atoms with van der Waals surface area (Å²) in [6.07, 6.45) is 3.72. The van der Waals surface area contributed by atoms with E-state index < -0.39 is 4.92 Å². The van der Waals surface area contributed by atoms with Gasteiger partial charge in [0.1, 0.15) is 17.5 Å². The lowest BCUT2D eigenvalue weighted by Gasteiger charge is -2.29. The Morgan fingerprint density at radius 3 is 2.21 bits per heavy atom. The van der Waals surface area contributed by atoms with Crippen molar-refractivity contribution in [3.05, 3.63) is 143 Å². The summed E-state index contributed by atoms with van der Waals surface area (Å²) in [4.78, 5) is 17.5. The second kappa shape index (κ2) is 10.4.